The number of benzene rings is 1. The normalized spacial score (nSPS) is 16.0. The molecule has 0 radical (unpaired) electrons. The van der Waals surface area contributed by atoms with Crippen LogP contribution < -0.4 is 9.47 Å². The van der Waals surface area contributed by atoms with Crippen molar-refractivity contribution in [3.05, 3.63) is 52.3 Å². The lowest BCUT2D eigenvalue weighted by Gasteiger charge is -2.29. The summed E-state index contributed by atoms with van der Waals surface area (Å²) in [5, 5.41) is 10.6. The van der Waals surface area contributed by atoms with Crippen LogP contribution in [-0.4, -0.2) is 42.0 Å². The van der Waals surface area contributed by atoms with E-state index in [1.165, 1.54) is 11.0 Å². The summed E-state index contributed by atoms with van der Waals surface area (Å²) in [5.74, 6) is 0.280. The second-order valence-electron chi connectivity index (χ2n) is 5.08. The van der Waals surface area contributed by atoms with Crippen LogP contribution in [0.5, 0.6) is 11.5 Å². The third kappa shape index (κ3) is 3.10. The van der Waals surface area contributed by atoms with Crippen molar-refractivity contribution in [2.24, 2.45) is 0 Å². The first-order valence-corrected chi connectivity index (χ1v) is 6.93. The van der Waals surface area contributed by atoms with Crippen LogP contribution in [-0.2, 0) is 0 Å². The molecule has 1 unspecified atom stereocenters. The molecule has 0 saturated heterocycles. The van der Waals surface area contributed by atoms with Crippen LogP contribution in [0.15, 0.2) is 40.8 Å². The number of para-hydroxylation sites is 2. The van der Waals surface area contributed by atoms with Crippen LogP contribution >= 0.6 is 0 Å². The summed E-state index contributed by atoms with van der Waals surface area (Å²) < 4.78 is 16.3. The Labute approximate surface area is 131 Å². The smallest absolute Gasteiger partial charge is 0.433 e. The zero-order valence-corrected chi connectivity index (χ0v) is 12.3. The van der Waals surface area contributed by atoms with Gasteiger partial charge in [-0.15, -0.1) is 0 Å². The molecule has 8 nitrogen and oxygen atoms in total. The highest BCUT2D eigenvalue weighted by Crippen LogP contribution is 2.31. The molecule has 1 amide bonds. The maximum atomic E-state index is 12.2. The number of nitrogens with zero attached hydrogens (tertiary/aromatic N) is 2. The number of carbonyl (C=O) groups excluding carboxylic acids is 1. The van der Waals surface area contributed by atoms with Gasteiger partial charge in [0.1, 0.15) is 11.5 Å². The van der Waals surface area contributed by atoms with Gasteiger partial charge in [-0.05, 0) is 18.2 Å². The van der Waals surface area contributed by atoms with Gasteiger partial charge in [0, 0.05) is 7.05 Å². The van der Waals surface area contributed by atoms with Crippen LogP contribution in [0.4, 0.5) is 5.88 Å². The van der Waals surface area contributed by atoms with E-state index in [9.17, 15) is 14.9 Å². The molecule has 0 fully saturated rings. The molecule has 8 heteroatoms. The van der Waals surface area contributed by atoms with Gasteiger partial charge in [0.25, 0.3) is 5.91 Å². The molecule has 2 aromatic rings. The Balaban J connectivity index is 1.64. The minimum Gasteiger partial charge on any atom is -0.486 e. The highest BCUT2D eigenvalue weighted by atomic mass is 16.6. The molecule has 1 aliphatic rings. The Bertz CT molecular complexity index is 741. The fraction of sp³-hybridized carbons (Fsp3) is 0.267. The van der Waals surface area contributed by atoms with Gasteiger partial charge in [-0.25, -0.2) is 0 Å². The number of rotatable bonds is 4. The number of carbonyl (C=O) groups is 1. The first-order chi connectivity index (χ1) is 11.0. The Kier molecular flexibility index (Phi) is 3.88. The van der Waals surface area contributed by atoms with Gasteiger partial charge in [-0.2, -0.15) is 0 Å². The summed E-state index contributed by atoms with van der Waals surface area (Å²) >= 11 is 0. The van der Waals surface area contributed by atoms with Gasteiger partial charge in [0.05, 0.1) is 12.6 Å². The van der Waals surface area contributed by atoms with Gasteiger partial charge >= 0.3 is 5.88 Å². The Morgan fingerprint density at radius 1 is 1.30 bits per heavy atom. The highest BCUT2D eigenvalue weighted by molar-refractivity contribution is 5.91. The maximum absolute atomic E-state index is 12.2. The van der Waals surface area contributed by atoms with Gasteiger partial charge in [0.2, 0.25) is 0 Å². The van der Waals surface area contributed by atoms with Crippen LogP contribution in [0.3, 0.4) is 0 Å². The average Bonchev–Trinajstić information content (AvgIpc) is 3.04. The molecule has 1 aromatic carbocycles. The molecule has 0 saturated carbocycles. The zero-order valence-electron chi connectivity index (χ0n) is 12.3. The van der Waals surface area contributed by atoms with Crippen LogP contribution in [0, 0.1) is 10.1 Å². The zero-order chi connectivity index (χ0) is 16.4. The molecule has 1 aliphatic heterocycles. The van der Waals surface area contributed by atoms with E-state index in [0.717, 1.165) is 6.07 Å². The van der Waals surface area contributed by atoms with E-state index in [4.69, 9.17) is 13.9 Å². The lowest BCUT2D eigenvalue weighted by atomic mass is 10.2. The summed E-state index contributed by atoms with van der Waals surface area (Å²) in [7, 11) is 1.57. The summed E-state index contributed by atoms with van der Waals surface area (Å²) in [5.41, 5.74) is 0. The van der Waals surface area contributed by atoms with Crippen molar-refractivity contribution >= 4 is 11.8 Å². The first kappa shape index (κ1) is 14.9. The molecule has 1 atom stereocenters. The molecule has 1 aromatic heterocycles. The Morgan fingerprint density at radius 3 is 2.74 bits per heavy atom. The third-order valence-corrected chi connectivity index (χ3v) is 3.37. The van der Waals surface area contributed by atoms with Gasteiger partial charge in [-0.1, -0.05) is 12.1 Å². The van der Waals surface area contributed by atoms with E-state index in [1.54, 1.807) is 13.1 Å². The molecular formula is C15H14N2O6. The molecule has 3 rings (SSSR count). The predicted octanol–water partition coefficient (Wildman–Crippen LogP) is 2.10. The van der Waals surface area contributed by atoms with Crippen molar-refractivity contribution in [3.8, 4) is 11.5 Å². The van der Waals surface area contributed by atoms with E-state index in [1.807, 2.05) is 18.2 Å². The maximum Gasteiger partial charge on any atom is 0.433 e. The molecule has 0 bridgehead atoms. The fourth-order valence-electron chi connectivity index (χ4n) is 2.27. The molecule has 0 N–H and O–H groups in total. The molecule has 0 spiro atoms. The monoisotopic (exact) mass is 318 g/mol. The van der Waals surface area contributed by atoms with E-state index < -0.39 is 16.7 Å². The van der Waals surface area contributed by atoms with E-state index in [2.05, 4.69) is 0 Å². The number of hydrogen-bond donors (Lipinski definition) is 0. The average molecular weight is 318 g/mol. The number of likely N-dealkylation sites (N-methyl/N-ethyl adjacent to an activating group) is 1. The molecule has 23 heavy (non-hydrogen) atoms. The number of ether oxygens (including phenoxy) is 2. The van der Waals surface area contributed by atoms with Crippen molar-refractivity contribution in [3.63, 3.8) is 0 Å². The minimum atomic E-state index is -0.689. The van der Waals surface area contributed by atoms with Crippen LogP contribution in [0.25, 0.3) is 0 Å². The topological polar surface area (TPSA) is 95.0 Å². The lowest BCUT2D eigenvalue weighted by molar-refractivity contribution is -0.402. The molecular weight excluding hydrogens is 304 g/mol. The second kappa shape index (κ2) is 5.99. The van der Waals surface area contributed by atoms with E-state index >= 15 is 0 Å². The first-order valence-electron chi connectivity index (χ1n) is 6.93. The quantitative estimate of drug-likeness (QED) is 0.633. The highest BCUT2D eigenvalue weighted by Gasteiger charge is 2.26. The number of furan rings is 1. The SMILES string of the molecule is CN(CC1COc2ccccc2O1)C(=O)c1ccc([N+](=O)[O-])o1. The Hall–Kier alpha value is -3.03. The van der Waals surface area contributed by atoms with Gasteiger partial charge in [-0.3, -0.25) is 14.9 Å². The third-order valence-electron chi connectivity index (χ3n) is 3.37. The van der Waals surface area contributed by atoms with Crippen molar-refractivity contribution in [2.75, 3.05) is 20.2 Å². The molecule has 0 aliphatic carbocycles. The number of fused-ring (bicyclic) bond motifs is 1. The predicted molar refractivity (Wildman–Crippen MR) is 78.7 cm³/mol. The lowest BCUT2D eigenvalue weighted by Crippen LogP contribution is -2.41. The van der Waals surface area contributed by atoms with Crippen LogP contribution in [0.2, 0.25) is 0 Å². The van der Waals surface area contributed by atoms with Gasteiger partial charge in [0.15, 0.2) is 23.4 Å². The largest absolute Gasteiger partial charge is 0.486 e. The summed E-state index contributed by atoms with van der Waals surface area (Å²) in [6.45, 7) is 0.578. The van der Waals surface area contributed by atoms with Crippen molar-refractivity contribution < 1.29 is 23.6 Å². The van der Waals surface area contributed by atoms with Crippen molar-refractivity contribution in [2.45, 2.75) is 6.10 Å². The van der Waals surface area contributed by atoms with Crippen molar-refractivity contribution in [1.29, 1.82) is 0 Å². The van der Waals surface area contributed by atoms with Gasteiger partial charge < -0.3 is 18.8 Å². The minimum absolute atomic E-state index is 0.0867. The summed E-state index contributed by atoms with van der Waals surface area (Å²) in [4.78, 5) is 23.5. The summed E-state index contributed by atoms with van der Waals surface area (Å²) in [6, 6.07) is 9.72. The van der Waals surface area contributed by atoms with Crippen LogP contribution in [0.1, 0.15) is 10.6 Å². The van der Waals surface area contributed by atoms with E-state index in [0.29, 0.717) is 18.1 Å². The molecule has 2 heterocycles. The number of amides is 1. The number of nitro groups is 1. The van der Waals surface area contributed by atoms with Crippen molar-refractivity contribution in [1.82, 2.24) is 4.90 Å². The fourth-order valence-corrected chi connectivity index (χ4v) is 2.27. The Morgan fingerprint density at radius 2 is 2.04 bits per heavy atom. The summed E-state index contributed by atoms with van der Waals surface area (Å²) in [6.07, 6.45) is -0.330. The van der Waals surface area contributed by atoms with E-state index in [-0.39, 0.29) is 18.4 Å². The standard InChI is InChI=1S/C15H14N2O6/c1-16(15(18)13-6-7-14(23-13)17(19)20)8-10-9-21-11-4-2-3-5-12(11)22-10/h2-7,10H,8-9H2,1H3. The second-order valence-corrected chi connectivity index (χ2v) is 5.08. The number of hydrogen-bond acceptors (Lipinski definition) is 6. The molecule has 120 valence electrons.